The highest BCUT2D eigenvalue weighted by atomic mass is 16.5. The molecule has 0 unspecified atom stereocenters. The van der Waals surface area contributed by atoms with Gasteiger partial charge < -0.3 is 10.5 Å². The number of hydrogen-bond acceptors (Lipinski definition) is 2. The Morgan fingerprint density at radius 2 is 2.36 bits per heavy atom. The quantitative estimate of drug-likeness (QED) is 0.737. The molecule has 14 heavy (non-hydrogen) atoms. The van der Waals surface area contributed by atoms with E-state index >= 15 is 0 Å². The summed E-state index contributed by atoms with van der Waals surface area (Å²) in [5, 5.41) is 0. The molecule has 74 valence electrons. The van der Waals surface area contributed by atoms with Crippen LogP contribution in [0.3, 0.4) is 0 Å². The average molecular weight is 191 g/mol. The number of carbonyl (C=O) groups is 1. The second-order valence-corrected chi connectivity index (χ2v) is 2.77. The van der Waals surface area contributed by atoms with E-state index in [1.165, 1.54) is 0 Å². The molecule has 0 spiro atoms. The van der Waals surface area contributed by atoms with Gasteiger partial charge in [-0.3, -0.25) is 4.79 Å². The molecule has 0 radical (unpaired) electrons. The van der Waals surface area contributed by atoms with Crippen LogP contribution in [0.25, 0.3) is 0 Å². The van der Waals surface area contributed by atoms with Crippen LogP contribution in [0.15, 0.2) is 36.4 Å². The van der Waals surface area contributed by atoms with E-state index in [1.807, 2.05) is 19.1 Å². The minimum atomic E-state index is -0.443. The van der Waals surface area contributed by atoms with Gasteiger partial charge in [0.05, 0.1) is 0 Å². The highest BCUT2D eigenvalue weighted by Crippen LogP contribution is 2.12. The summed E-state index contributed by atoms with van der Waals surface area (Å²) in [4.78, 5) is 10.8. The molecule has 0 aliphatic rings. The first-order valence-electron chi connectivity index (χ1n) is 4.38. The van der Waals surface area contributed by atoms with Gasteiger partial charge in [-0.25, -0.2) is 0 Å². The first kappa shape index (κ1) is 10.3. The fourth-order valence-electron chi connectivity index (χ4n) is 0.980. The normalized spacial score (nSPS) is 10.4. The molecular weight excluding hydrogens is 178 g/mol. The molecule has 0 fully saturated rings. The number of allylic oxidation sites excluding steroid dienone is 1. The van der Waals surface area contributed by atoms with Gasteiger partial charge in [-0.1, -0.05) is 18.2 Å². The smallest absolute Gasteiger partial charge is 0.248 e. The highest BCUT2D eigenvalue weighted by Gasteiger charge is 2.00. The molecule has 0 aliphatic carbocycles. The SMILES string of the molecule is CC=CCOc1cccc(C(N)=O)c1. The van der Waals surface area contributed by atoms with Gasteiger partial charge >= 0.3 is 0 Å². The molecule has 1 aromatic carbocycles. The second-order valence-electron chi connectivity index (χ2n) is 2.77. The lowest BCUT2D eigenvalue weighted by atomic mass is 10.2. The number of benzene rings is 1. The van der Waals surface area contributed by atoms with E-state index < -0.39 is 5.91 Å². The Morgan fingerprint density at radius 3 is 3.00 bits per heavy atom. The molecule has 2 N–H and O–H groups in total. The summed E-state index contributed by atoms with van der Waals surface area (Å²) in [7, 11) is 0. The van der Waals surface area contributed by atoms with Gasteiger partial charge in [-0.05, 0) is 25.1 Å². The van der Waals surface area contributed by atoms with Crippen molar-refractivity contribution >= 4 is 5.91 Å². The van der Waals surface area contributed by atoms with Crippen LogP contribution in [0.5, 0.6) is 5.75 Å². The van der Waals surface area contributed by atoms with Gasteiger partial charge in [0.25, 0.3) is 0 Å². The zero-order valence-electron chi connectivity index (χ0n) is 8.07. The predicted molar refractivity (Wildman–Crippen MR) is 55.3 cm³/mol. The Balaban J connectivity index is 2.68. The molecule has 0 aliphatic heterocycles. The summed E-state index contributed by atoms with van der Waals surface area (Å²) in [5.74, 6) is 0.209. The van der Waals surface area contributed by atoms with E-state index in [2.05, 4.69) is 0 Å². The van der Waals surface area contributed by atoms with Gasteiger partial charge in [0.1, 0.15) is 12.4 Å². The summed E-state index contributed by atoms with van der Waals surface area (Å²) >= 11 is 0. The zero-order valence-corrected chi connectivity index (χ0v) is 8.07. The van der Waals surface area contributed by atoms with E-state index in [0.717, 1.165) is 0 Å². The topological polar surface area (TPSA) is 52.3 Å². The number of nitrogens with two attached hydrogens (primary N) is 1. The zero-order chi connectivity index (χ0) is 10.4. The summed E-state index contributed by atoms with van der Waals surface area (Å²) in [6.07, 6.45) is 3.79. The Bertz CT molecular complexity index is 345. The number of ether oxygens (including phenoxy) is 1. The number of carbonyl (C=O) groups excluding carboxylic acids is 1. The maximum atomic E-state index is 10.8. The number of amides is 1. The first-order chi connectivity index (χ1) is 6.74. The number of rotatable bonds is 4. The third-order valence-corrected chi connectivity index (χ3v) is 1.70. The van der Waals surface area contributed by atoms with Crippen molar-refractivity contribution in [1.82, 2.24) is 0 Å². The molecule has 0 atom stereocenters. The van der Waals surface area contributed by atoms with E-state index in [0.29, 0.717) is 17.9 Å². The molecule has 3 nitrogen and oxygen atoms in total. The van der Waals surface area contributed by atoms with Crippen LogP contribution in [0.1, 0.15) is 17.3 Å². The van der Waals surface area contributed by atoms with Crippen molar-refractivity contribution in [3.8, 4) is 5.75 Å². The molecule has 0 bridgehead atoms. The van der Waals surface area contributed by atoms with Crippen molar-refractivity contribution < 1.29 is 9.53 Å². The summed E-state index contributed by atoms with van der Waals surface area (Å²) < 4.78 is 5.34. The van der Waals surface area contributed by atoms with Gasteiger partial charge in [0, 0.05) is 5.56 Å². The third-order valence-electron chi connectivity index (χ3n) is 1.70. The van der Waals surface area contributed by atoms with Gasteiger partial charge in [0.2, 0.25) is 5.91 Å². The molecule has 0 saturated heterocycles. The Kier molecular flexibility index (Phi) is 3.73. The van der Waals surface area contributed by atoms with Crippen molar-refractivity contribution in [3.05, 3.63) is 42.0 Å². The largest absolute Gasteiger partial charge is 0.490 e. The first-order valence-corrected chi connectivity index (χ1v) is 4.38. The second kappa shape index (κ2) is 5.07. The van der Waals surface area contributed by atoms with Crippen LogP contribution in [0.2, 0.25) is 0 Å². The van der Waals surface area contributed by atoms with Crippen LogP contribution < -0.4 is 10.5 Å². The van der Waals surface area contributed by atoms with Crippen molar-refractivity contribution in [2.75, 3.05) is 6.61 Å². The van der Waals surface area contributed by atoms with E-state index in [9.17, 15) is 4.79 Å². The average Bonchev–Trinajstić information content (AvgIpc) is 2.19. The van der Waals surface area contributed by atoms with Crippen LogP contribution >= 0.6 is 0 Å². The predicted octanol–water partition coefficient (Wildman–Crippen LogP) is 1.74. The standard InChI is InChI=1S/C11H13NO2/c1-2-3-7-14-10-6-4-5-9(8-10)11(12)13/h2-6,8H,7H2,1H3,(H2,12,13). The van der Waals surface area contributed by atoms with E-state index in [1.54, 1.807) is 24.3 Å². The van der Waals surface area contributed by atoms with Gasteiger partial charge in [-0.2, -0.15) is 0 Å². The Morgan fingerprint density at radius 1 is 1.57 bits per heavy atom. The Hall–Kier alpha value is -1.77. The maximum Gasteiger partial charge on any atom is 0.248 e. The summed E-state index contributed by atoms with van der Waals surface area (Å²) in [5.41, 5.74) is 5.59. The molecule has 1 aromatic rings. The van der Waals surface area contributed by atoms with Crippen molar-refractivity contribution in [2.24, 2.45) is 5.73 Å². The number of primary amides is 1. The van der Waals surface area contributed by atoms with Crippen molar-refractivity contribution in [1.29, 1.82) is 0 Å². The van der Waals surface area contributed by atoms with E-state index in [-0.39, 0.29) is 0 Å². The molecule has 3 heteroatoms. The molecule has 1 rings (SSSR count). The Labute approximate surface area is 83.2 Å². The van der Waals surface area contributed by atoms with Crippen LogP contribution in [-0.4, -0.2) is 12.5 Å². The molecular formula is C11H13NO2. The molecule has 0 heterocycles. The van der Waals surface area contributed by atoms with Gasteiger partial charge in [-0.15, -0.1) is 0 Å². The molecule has 1 amide bonds. The summed E-state index contributed by atoms with van der Waals surface area (Å²) in [6, 6.07) is 6.82. The van der Waals surface area contributed by atoms with Crippen LogP contribution in [0, 0.1) is 0 Å². The monoisotopic (exact) mass is 191 g/mol. The van der Waals surface area contributed by atoms with Gasteiger partial charge in [0.15, 0.2) is 0 Å². The summed E-state index contributed by atoms with van der Waals surface area (Å²) in [6.45, 7) is 2.42. The maximum absolute atomic E-state index is 10.8. The van der Waals surface area contributed by atoms with Crippen molar-refractivity contribution in [2.45, 2.75) is 6.92 Å². The molecule has 0 aromatic heterocycles. The van der Waals surface area contributed by atoms with E-state index in [4.69, 9.17) is 10.5 Å². The molecule has 0 saturated carbocycles. The fourth-order valence-corrected chi connectivity index (χ4v) is 0.980. The lowest BCUT2D eigenvalue weighted by Crippen LogP contribution is -2.10. The fraction of sp³-hybridized carbons (Fsp3) is 0.182. The lowest BCUT2D eigenvalue weighted by molar-refractivity contribution is 0.1000. The number of hydrogen-bond donors (Lipinski definition) is 1. The van der Waals surface area contributed by atoms with Crippen molar-refractivity contribution in [3.63, 3.8) is 0 Å². The van der Waals surface area contributed by atoms with Crippen LogP contribution in [-0.2, 0) is 0 Å². The highest BCUT2D eigenvalue weighted by molar-refractivity contribution is 5.93. The lowest BCUT2D eigenvalue weighted by Gasteiger charge is -2.03. The minimum absolute atomic E-state index is 0.443. The third kappa shape index (κ3) is 2.94. The van der Waals surface area contributed by atoms with Crippen LogP contribution in [0.4, 0.5) is 0 Å². The minimum Gasteiger partial charge on any atom is -0.490 e.